The minimum atomic E-state index is -1.81. The lowest BCUT2D eigenvalue weighted by molar-refractivity contribution is -0.137. The predicted molar refractivity (Wildman–Crippen MR) is 86.8 cm³/mol. The molecule has 2 N–H and O–H groups in total. The van der Waals surface area contributed by atoms with Crippen molar-refractivity contribution in [3.05, 3.63) is 45.8 Å². The van der Waals surface area contributed by atoms with Crippen molar-refractivity contribution in [1.82, 2.24) is 15.4 Å². The first-order valence-corrected chi connectivity index (χ1v) is 7.89. The molecule has 1 saturated heterocycles. The maximum absolute atomic E-state index is 12.8. The lowest BCUT2D eigenvalue weighted by atomic mass is 9.88. The first-order chi connectivity index (χ1) is 11.8. The molecule has 0 aliphatic carbocycles. The van der Waals surface area contributed by atoms with Crippen LogP contribution in [0.3, 0.4) is 0 Å². The number of urea groups is 1. The number of halogens is 1. The Balaban J connectivity index is 1.90. The molecule has 9 heteroatoms. The summed E-state index contributed by atoms with van der Waals surface area (Å²) in [5.74, 6) is -0.753. The summed E-state index contributed by atoms with van der Waals surface area (Å²) in [6, 6.07) is 4.17. The Labute approximate surface area is 147 Å². The largest absolute Gasteiger partial charge is 0.361 e. The van der Waals surface area contributed by atoms with E-state index in [1.54, 1.807) is 26.0 Å². The molecular formula is C16H13ClN4O4. The van der Waals surface area contributed by atoms with Crippen LogP contribution in [0.2, 0.25) is 5.02 Å². The summed E-state index contributed by atoms with van der Waals surface area (Å²) in [7, 11) is 0. The van der Waals surface area contributed by atoms with Crippen LogP contribution in [-0.2, 0) is 21.7 Å². The van der Waals surface area contributed by atoms with Crippen molar-refractivity contribution in [2.75, 3.05) is 5.32 Å². The van der Waals surface area contributed by atoms with Crippen LogP contribution >= 0.6 is 11.6 Å². The molecule has 1 fully saturated rings. The van der Waals surface area contributed by atoms with Crippen molar-refractivity contribution in [3.63, 3.8) is 0 Å². The summed E-state index contributed by atoms with van der Waals surface area (Å²) in [6.45, 7) is 3.42. The Hall–Kier alpha value is -2.87. The van der Waals surface area contributed by atoms with Gasteiger partial charge in [-0.1, -0.05) is 16.8 Å². The molecule has 0 radical (unpaired) electrons. The van der Waals surface area contributed by atoms with Gasteiger partial charge < -0.3 is 9.84 Å². The first-order valence-electron chi connectivity index (χ1n) is 7.51. The van der Waals surface area contributed by atoms with Crippen LogP contribution in [0.1, 0.15) is 22.6 Å². The quantitative estimate of drug-likeness (QED) is 0.628. The number of carbonyl (C=O) groups is 3. The van der Waals surface area contributed by atoms with Crippen LogP contribution in [0.15, 0.2) is 22.7 Å². The number of hydrogen-bond donors (Lipinski definition) is 2. The summed E-state index contributed by atoms with van der Waals surface area (Å²) >= 11 is 6.13. The Bertz CT molecular complexity index is 954. The second kappa shape index (κ2) is 5.06. The van der Waals surface area contributed by atoms with Gasteiger partial charge in [-0.3, -0.25) is 19.8 Å². The number of nitrogens with zero attached hydrogens (tertiary/aromatic N) is 2. The standard InChI is InChI=1S/C16H13ClN4O4/c1-7-3-9(17)5-11-12(7)18-13(22)16(11)14(23)19-15(24)21(16)6-10-4-8(2)25-20-10/h3-5H,6H2,1-2H3,(H,18,22)(H,19,23,24)/t16-/m1/s1. The zero-order valence-corrected chi connectivity index (χ0v) is 14.1. The lowest BCUT2D eigenvalue weighted by Gasteiger charge is -2.29. The number of carbonyl (C=O) groups excluding carboxylic acids is 3. The third-order valence-corrected chi connectivity index (χ3v) is 4.67. The van der Waals surface area contributed by atoms with Crippen LogP contribution in [-0.4, -0.2) is 27.9 Å². The van der Waals surface area contributed by atoms with E-state index in [1.807, 2.05) is 0 Å². The topological polar surface area (TPSA) is 105 Å². The van der Waals surface area contributed by atoms with Crippen molar-refractivity contribution < 1.29 is 18.9 Å². The number of aryl methyl sites for hydroxylation is 2. The normalized spacial score (nSPS) is 21.7. The fourth-order valence-electron chi connectivity index (χ4n) is 3.39. The maximum atomic E-state index is 12.8. The van der Waals surface area contributed by atoms with E-state index in [0.717, 1.165) is 4.90 Å². The van der Waals surface area contributed by atoms with E-state index in [0.29, 0.717) is 33.3 Å². The summed E-state index contributed by atoms with van der Waals surface area (Å²) in [5.41, 5.74) is 0.167. The van der Waals surface area contributed by atoms with E-state index in [2.05, 4.69) is 15.8 Å². The summed E-state index contributed by atoms with van der Waals surface area (Å²) < 4.78 is 5.01. The van der Waals surface area contributed by atoms with Gasteiger partial charge >= 0.3 is 6.03 Å². The second-order valence-electron chi connectivity index (χ2n) is 6.08. The van der Waals surface area contributed by atoms with Crippen molar-refractivity contribution in [2.45, 2.75) is 25.9 Å². The molecule has 2 aliphatic heterocycles. The van der Waals surface area contributed by atoms with E-state index < -0.39 is 23.4 Å². The number of rotatable bonds is 2. The van der Waals surface area contributed by atoms with E-state index >= 15 is 0 Å². The molecular weight excluding hydrogens is 348 g/mol. The van der Waals surface area contributed by atoms with Crippen molar-refractivity contribution in [1.29, 1.82) is 0 Å². The highest BCUT2D eigenvalue weighted by atomic mass is 35.5. The minimum absolute atomic E-state index is 0.0622. The Kier molecular flexibility index (Phi) is 3.17. The molecule has 25 heavy (non-hydrogen) atoms. The van der Waals surface area contributed by atoms with Gasteiger partial charge in [0.25, 0.3) is 11.8 Å². The van der Waals surface area contributed by atoms with Crippen molar-refractivity contribution in [2.24, 2.45) is 0 Å². The van der Waals surface area contributed by atoms with Gasteiger partial charge in [0, 0.05) is 16.7 Å². The number of hydrogen-bond acceptors (Lipinski definition) is 5. The Morgan fingerprint density at radius 2 is 1.88 bits per heavy atom. The molecule has 1 aromatic carbocycles. The number of benzene rings is 1. The average Bonchev–Trinajstić information content (AvgIpc) is 3.13. The molecule has 4 rings (SSSR count). The van der Waals surface area contributed by atoms with Crippen molar-refractivity contribution >= 4 is 35.1 Å². The molecule has 4 amide bonds. The smallest absolute Gasteiger partial charge is 0.326 e. The Morgan fingerprint density at radius 3 is 2.56 bits per heavy atom. The number of amides is 4. The van der Waals surface area contributed by atoms with Crippen molar-refractivity contribution in [3.8, 4) is 0 Å². The lowest BCUT2D eigenvalue weighted by Crippen LogP contribution is -2.51. The molecule has 3 heterocycles. The van der Waals surface area contributed by atoms with Gasteiger partial charge in [0.05, 0.1) is 12.2 Å². The van der Waals surface area contributed by atoms with Crippen LogP contribution in [0.5, 0.6) is 0 Å². The number of aromatic nitrogens is 1. The number of anilines is 1. The number of nitrogens with one attached hydrogen (secondary N) is 2. The van der Waals surface area contributed by atoms with Crippen LogP contribution in [0, 0.1) is 13.8 Å². The zero-order valence-electron chi connectivity index (χ0n) is 13.3. The highest BCUT2D eigenvalue weighted by molar-refractivity contribution is 6.32. The third kappa shape index (κ3) is 2.00. The Morgan fingerprint density at radius 1 is 1.16 bits per heavy atom. The first kappa shape index (κ1) is 15.6. The molecule has 1 spiro atoms. The van der Waals surface area contributed by atoms with Gasteiger partial charge in [-0.05, 0) is 31.5 Å². The summed E-state index contributed by atoms with van der Waals surface area (Å²) in [4.78, 5) is 39.1. The number of fused-ring (bicyclic) bond motifs is 2. The van der Waals surface area contributed by atoms with Crippen LogP contribution in [0.4, 0.5) is 10.5 Å². The van der Waals surface area contributed by atoms with E-state index in [1.165, 1.54) is 6.07 Å². The average molecular weight is 361 g/mol. The summed E-state index contributed by atoms with van der Waals surface area (Å²) in [6.07, 6.45) is 0. The van der Waals surface area contributed by atoms with Crippen LogP contribution in [0.25, 0.3) is 0 Å². The molecule has 2 aliphatic rings. The molecule has 1 atom stereocenters. The molecule has 128 valence electrons. The highest BCUT2D eigenvalue weighted by Gasteiger charge is 2.64. The highest BCUT2D eigenvalue weighted by Crippen LogP contribution is 2.46. The molecule has 0 saturated carbocycles. The second-order valence-corrected chi connectivity index (χ2v) is 6.52. The zero-order chi connectivity index (χ0) is 17.9. The molecule has 1 aromatic heterocycles. The molecule has 8 nitrogen and oxygen atoms in total. The van der Waals surface area contributed by atoms with Gasteiger partial charge in [0.1, 0.15) is 11.5 Å². The van der Waals surface area contributed by atoms with Gasteiger partial charge in [-0.2, -0.15) is 0 Å². The third-order valence-electron chi connectivity index (χ3n) is 4.45. The molecule has 2 aromatic rings. The van der Waals surface area contributed by atoms with Gasteiger partial charge in [-0.25, -0.2) is 4.79 Å². The SMILES string of the molecule is Cc1cc(CN2C(=O)NC(=O)[C@@]23C(=O)Nc2c(C)cc(Cl)cc23)no1. The van der Waals surface area contributed by atoms with E-state index in [4.69, 9.17) is 16.1 Å². The van der Waals surface area contributed by atoms with Gasteiger partial charge in [0.15, 0.2) is 0 Å². The predicted octanol–water partition coefficient (Wildman–Crippen LogP) is 1.84. The van der Waals surface area contributed by atoms with Crippen LogP contribution < -0.4 is 10.6 Å². The van der Waals surface area contributed by atoms with E-state index in [9.17, 15) is 14.4 Å². The van der Waals surface area contributed by atoms with Gasteiger partial charge in [0.2, 0.25) is 5.54 Å². The fourth-order valence-corrected chi connectivity index (χ4v) is 3.66. The van der Waals surface area contributed by atoms with Gasteiger partial charge in [-0.15, -0.1) is 0 Å². The molecule has 0 unspecified atom stereocenters. The minimum Gasteiger partial charge on any atom is -0.361 e. The maximum Gasteiger partial charge on any atom is 0.326 e. The van der Waals surface area contributed by atoms with E-state index in [-0.39, 0.29) is 6.54 Å². The fraction of sp³-hybridized carbons (Fsp3) is 0.250. The summed E-state index contributed by atoms with van der Waals surface area (Å²) in [5, 5.41) is 9.14. The monoisotopic (exact) mass is 360 g/mol. The molecule has 0 bridgehead atoms. The number of imide groups is 1.